The lowest BCUT2D eigenvalue weighted by Crippen LogP contribution is -2.08. The third-order valence-electron chi connectivity index (χ3n) is 7.61. The van der Waals surface area contributed by atoms with Gasteiger partial charge in [0.1, 0.15) is 5.75 Å². The number of unbranched alkanes of at least 4 members (excludes halogenated alkanes) is 14. The van der Waals surface area contributed by atoms with E-state index in [2.05, 4.69) is 60.6 Å². The molecule has 0 fully saturated rings. The number of rotatable bonds is 21. The average molecular weight is 519 g/mol. The summed E-state index contributed by atoms with van der Waals surface area (Å²) in [6.07, 6.45) is 24.1. The second-order valence-corrected chi connectivity index (χ2v) is 14.4. The van der Waals surface area contributed by atoms with E-state index in [1.807, 2.05) is 11.8 Å². The Morgan fingerprint density at radius 3 is 1.28 bits per heavy atom. The number of phenolic OH excluding ortho intramolecular Hbond substituents is 1. The van der Waals surface area contributed by atoms with E-state index in [1.165, 1.54) is 132 Å². The van der Waals surface area contributed by atoms with E-state index < -0.39 is 0 Å². The summed E-state index contributed by atoms with van der Waals surface area (Å²) in [5.41, 5.74) is 2.37. The molecule has 1 aromatic carbocycles. The van der Waals surface area contributed by atoms with Gasteiger partial charge >= 0.3 is 0 Å². The first kappa shape index (κ1) is 33.4. The van der Waals surface area contributed by atoms with E-state index in [1.54, 1.807) is 0 Å². The Morgan fingerprint density at radius 1 is 0.611 bits per heavy atom. The van der Waals surface area contributed by atoms with Crippen LogP contribution in [0.3, 0.4) is 0 Å². The van der Waals surface area contributed by atoms with Gasteiger partial charge in [-0.3, -0.25) is 0 Å². The third kappa shape index (κ3) is 14.9. The fraction of sp³-hybridized carbons (Fsp3) is 0.824. The summed E-state index contributed by atoms with van der Waals surface area (Å²) in [6.45, 7) is 16.1. The predicted octanol–water partition coefficient (Wildman–Crippen LogP) is 12.6. The van der Waals surface area contributed by atoms with Crippen LogP contribution >= 0.6 is 11.8 Å². The quantitative estimate of drug-likeness (QED) is 0.129. The van der Waals surface area contributed by atoms with Crippen molar-refractivity contribution in [1.29, 1.82) is 0 Å². The summed E-state index contributed by atoms with van der Waals surface area (Å²) in [5, 5.41) is 11.4. The third-order valence-corrected chi connectivity index (χ3v) is 8.69. The van der Waals surface area contributed by atoms with E-state index in [0.717, 1.165) is 0 Å². The maximum atomic E-state index is 11.4. The van der Waals surface area contributed by atoms with Crippen molar-refractivity contribution < 1.29 is 5.11 Å². The van der Waals surface area contributed by atoms with Crippen molar-refractivity contribution >= 4 is 11.8 Å². The predicted molar refractivity (Wildman–Crippen MR) is 165 cm³/mol. The zero-order valence-electron chi connectivity index (χ0n) is 25.4. The van der Waals surface area contributed by atoms with Crippen LogP contribution in [0.2, 0.25) is 0 Å². The molecule has 0 bridgehead atoms. The van der Waals surface area contributed by atoms with Crippen molar-refractivity contribution in [2.45, 2.75) is 186 Å². The molecule has 0 aliphatic carbocycles. The van der Waals surface area contributed by atoms with Gasteiger partial charge in [-0.2, -0.15) is 0 Å². The van der Waals surface area contributed by atoms with E-state index in [4.69, 9.17) is 0 Å². The van der Waals surface area contributed by atoms with Crippen LogP contribution in [0.4, 0.5) is 0 Å². The first-order valence-electron chi connectivity index (χ1n) is 15.7. The van der Waals surface area contributed by atoms with Gasteiger partial charge in [0.2, 0.25) is 0 Å². The average Bonchev–Trinajstić information content (AvgIpc) is 2.82. The highest BCUT2D eigenvalue weighted by Crippen LogP contribution is 2.43. The number of benzene rings is 1. The van der Waals surface area contributed by atoms with Crippen molar-refractivity contribution in [3.8, 4) is 5.75 Å². The highest BCUT2D eigenvalue weighted by Gasteiger charge is 2.21. The maximum absolute atomic E-state index is 11.4. The van der Waals surface area contributed by atoms with E-state index in [-0.39, 0.29) is 4.75 Å². The van der Waals surface area contributed by atoms with Crippen molar-refractivity contribution in [2.24, 2.45) is 0 Å². The SMILES string of the molecule is CCCCCCCCCCC(C)c1cc(SC(C)(C)C)cc(C(C)CCCCCCCCCC)c1O. The number of hydrogen-bond acceptors (Lipinski definition) is 2. The van der Waals surface area contributed by atoms with Crippen molar-refractivity contribution in [3.63, 3.8) is 0 Å². The van der Waals surface area contributed by atoms with Gasteiger partial charge in [0, 0.05) is 9.64 Å². The maximum Gasteiger partial charge on any atom is 0.122 e. The zero-order chi connectivity index (χ0) is 26.8. The van der Waals surface area contributed by atoms with Crippen LogP contribution in [0.15, 0.2) is 17.0 Å². The fourth-order valence-corrected chi connectivity index (χ4v) is 6.37. The molecule has 1 N–H and O–H groups in total. The fourth-order valence-electron chi connectivity index (χ4n) is 5.30. The van der Waals surface area contributed by atoms with Crippen LogP contribution in [-0.4, -0.2) is 9.85 Å². The van der Waals surface area contributed by atoms with Crippen LogP contribution in [-0.2, 0) is 0 Å². The number of thioether (sulfide) groups is 1. The second kappa shape index (κ2) is 19.4. The molecule has 0 aromatic heterocycles. The Hall–Kier alpha value is -0.630. The molecule has 210 valence electrons. The highest BCUT2D eigenvalue weighted by atomic mass is 32.2. The van der Waals surface area contributed by atoms with Gasteiger partial charge in [0.15, 0.2) is 0 Å². The second-order valence-electron chi connectivity index (χ2n) is 12.5. The summed E-state index contributed by atoms with van der Waals surface area (Å²) < 4.78 is 0.174. The molecular weight excluding hydrogens is 456 g/mol. The summed E-state index contributed by atoms with van der Waals surface area (Å²) in [4.78, 5) is 1.33. The molecule has 1 nitrogen and oxygen atoms in total. The van der Waals surface area contributed by atoms with Crippen LogP contribution in [0.1, 0.15) is 187 Å². The van der Waals surface area contributed by atoms with Gasteiger partial charge < -0.3 is 5.11 Å². The Balaban J connectivity index is 2.70. The summed E-state index contributed by atoms with van der Waals surface area (Å²) >= 11 is 1.94. The largest absolute Gasteiger partial charge is 0.507 e. The van der Waals surface area contributed by atoms with Crippen LogP contribution in [0, 0.1) is 0 Å². The molecule has 0 aliphatic rings. The summed E-state index contributed by atoms with van der Waals surface area (Å²) in [7, 11) is 0. The molecule has 0 amide bonds. The lowest BCUT2D eigenvalue weighted by Gasteiger charge is -2.24. The molecule has 2 atom stereocenters. The first-order valence-corrected chi connectivity index (χ1v) is 16.6. The Labute approximate surface area is 231 Å². The molecule has 1 aromatic rings. The Morgan fingerprint density at radius 2 is 0.944 bits per heavy atom. The molecule has 2 heteroatoms. The van der Waals surface area contributed by atoms with Gasteiger partial charge in [-0.25, -0.2) is 0 Å². The van der Waals surface area contributed by atoms with E-state index >= 15 is 0 Å². The topological polar surface area (TPSA) is 20.2 Å². The molecule has 0 spiro atoms. The van der Waals surface area contributed by atoms with E-state index in [9.17, 15) is 5.11 Å². The lowest BCUT2D eigenvalue weighted by atomic mass is 9.87. The van der Waals surface area contributed by atoms with Gasteiger partial charge in [0.25, 0.3) is 0 Å². The molecule has 0 saturated carbocycles. The zero-order valence-corrected chi connectivity index (χ0v) is 26.2. The van der Waals surface area contributed by atoms with Crippen molar-refractivity contribution in [2.75, 3.05) is 0 Å². The molecule has 0 radical (unpaired) electrons. The Kier molecular flexibility index (Phi) is 18.0. The Bertz CT molecular complexity index is 627. The van der Waals surface area contributed by atoms with Crippen LogP contribution in [0.25, 0.3) is 0 Å². The molecule has 0 aliphatic heterocycles. The lowest BCUT2D eigenvalue weighted by molar-refractivity contribution is 0.440. The minimum Gasteiger partial charge on any atom is -0.507 e. The molecule has 0 saturated heterocycles. The molecule has 36 heavy (non-hydrogen) atoms. The molecular formula is C34H62OS. The standard InChI is InChI=1S/C34H62OS/c1-8-10-12-14-16-18-20-22-24-28(3)31-26-30(36-34(5,6)7)27-32(33(31)35)29(4)25-23-21-19-17-15-13-11-9-2/h26-29,35H,8-25H2,1-7H3. The normalized spacial score (nSPS) is 13.8. The van der Waals surface area contributed by atoms with Gasteiger partial charge in [0.05, 0.1) is 0 Å². The number of hydrogen-bond donors (Lipinski definition) is 1. The number of phenols is 1. The molecule has 0 heterocycles. The van der Waals surface area contributed by atoms with Gasteiger partial charge in [-0.1, -0.05) is 151 Å². The minimum atomic E-state index is 0.174. The highest BCUT2D eigenvalue weighted by molar-refractivity contribution is 8.00. The summed E-state index contributed by atoms with van der Waals surface area (Å²) in [5.74, 6) is 1.42. The van der Waals surface area contributed by atoms with Crippen molar-refractivity contribution in [1.82, 2.24) is 0 Å². The monoisotopic (exact) mass is 518 g/mol. The van der Waals surface area contributed by atoms with E-state index in [0.29, 0.717) is 17.6 Å². The smallest absolute Gasteiger partial charge is 0.122 e. The molecule has 1 rings (SSSR count). The minimum absolute atomic E-state index is 0.174. The van der Waals surface area contributed by atoms with Crippen molar-refractivity contribution in [3.05, 3.63) is 23.3 Å². The molecule has 2 unspecified atom stereocenters. The van der Waals surface area contributed by atoms with Gasteiger partial charge in [-0.05, 0) is 47.9 Å². The number of aromatic hydroxyl groups is 1. The summed E-state index contributed by atoms with van der Waals surface area (Å²) in [6, 6.07) is 4.60. The van der Waals surface area contributed by atoms with Crippen LogP contribution < -0.4 is 0 Å². The first-order chi connectivity index (χ1) is 17.2. The van der Waals surface area contributed by atoms with Gasteiger partial charge in [-0.15, -0.1) is 11.8 Å². The van der Waals surface area contributed by atoms with Crippen LogP contribution in [0.5, 0.6) is 5.75 Å².